The molecule has 5 atom stereocenters. The van der Waals surface area contributed by atoms with Crippen molar-refractivity contribution in [3.05, 3.63) is 24.3 Å². The summed E-state index contributed by atoms with van der Waals surface area (Å²) in [4.78, 5) is 11.2. The highest BCUT2D eigenvalue weighted by Crippen LogP contribution is 2.57. The first-order valence-corrected chi connectivity index (χ1v) is 7.27. The summed E-state index contributed by atoms with van der Waals surface area (Å²) in [6, 6.07) is 0. The van der Waals surface area contributed by atoms with Crippen molar-refractivity contribution < 1.29 is 14.3 Å². The summed E-state index contributed by atoms with van der Waals surface area (Å²) in [6.45, 7) is 6.07. The van der Waals surface area contributed by atoms with Crippen LogP contribution in [0.5, 0.6) is 0 Å². The second-order valence-corrected chi connectivity index (χ2v) is 6.13. The van der Waals surface area contributed by atoms with Gasteiger partial charge in [-0.15, -0.1) is 0 Å². The molecule has 0 N–H and O–H groups in total. The van der Waals surface area contributed by atoms with E-state index in [4.69, 9.17) is 9.47 Å². The second-order valence-electron chi connectivity index (χ2n) is 6.13. The molecular weight excluding hydrogens is 240 g/mol. The van der Waals surface area contributed by atoms with Crippen molar-refractivity contribution in [3.63, 3.8) is 0 Å². The lowest BCUT2D eigenvalue weighted by Crippen LogP contribution is -2.31. The Labute approximate surface area is 114 Å². The van der Waals surface area contributed by atoms with Gasteiger partial charge < -0.3 is 9.47 Å². The maximum atomic E-state index is 11.2. The Hall–Kier alpha value is -1.09. The lowest BCUT2D eigenvalue weighted by Gasteiger charge is -2.31. The number of rotatable bonds is 5. The highest BCUT2D eigenvalue weighted by atomic mass is 16.6. The third-order valence-corrected chi connectivity index (χ3v) is 4.94. The van der Waals surface area contributed by atoms with Gasteiger partial charge in [-0.1, -0.05) is 18.7 Å². The molecular formula is C16H22O3. The fourth-order valence-electron chi connectivity index (χ4n) is 4.14. The fraction of sp³-hybridized carbons (Fsp3) is 0.688. The van der Waals surface area contributed by atoms with E-state index in [1.807, 2.05) is 0 Å². The summed E-state index contributed by atoms with van der Waals surface area (Å²) in [5.74, 6) is 2.88. The average Bonchev–Trinajstić information content (AvgIpc) is 3.05. The summed E-state index contributed by atoms with van der Waals surface area (Å²) in [5, 5.41) is 0. The third kappa shape index (κ3) is 2.36. The molecule has 0 unspecified atom stereocenters. The van der Waals surface area contributed by atoms with Crippen molar-refractivity contribution in [3.8, 4) is 0 Å². The number of hydrogen-bond acceptors (Lipinski definition) is 3. The number of esters is 1. The van der Waals surface area contributed by atoms with E-state index in [0.29, 0.717) is 24.9 Å². The van der Waals surface area contributed by atoms with Crippen LogP contribution in [0.15, 0.2) is 24.3 Å². The summed E-state index contributed by atoms with van der Waals surface area (Å²) in [6.07, 6.45) is 8.89. The number of fused-ring (bicyclic) bond motifs is 5. The first-order chi connectivity index (χ1) is 9.16. The normalized spacial score (nSPS) is 38.5. The van der Waals surface area contributed by atoms with Crippen LogP contribution in [0.1, 0.15) is 26.2 Å². The number of carbonyl (C=O) groups is 1. The van der Waals surface area contributed by atoms with E-state index < -0.39 is 0 Å². The molecule has 2 bridgehead atoms. The Morgan fingerprint density at radius 3 is 2.95 bits per heavy atom. The Bertz CT molecular complexity index is 412. The van der Waals surface area contributed by atoms with Crippen LogP contribution in [0.2, 0.25) is 0 Å². The van der Waals surface area contributed by atoms with Gasteiger partial charge in [-0.05, 0) is 49.9 Å². The van der Waals surface area contributed by atoms with Gasteiger partial charge in [0.2, 0.25) is 0 Å². The Balaban J connectivity index is 1.41. The Morgan fingerprint density at radius 1 is 1.32 bits per heavy atom. The minimum Gasteiger partial charge on any atom is -0.460 e. The first kappa shape index (κ1) is 12.9. The molecule has 0 saturated heterocycles. The second kappa shape index (κ2) is 5.12. The van der Waals surface area contributed by atoms with Gasteiger partial charge >= 0.3 is 5.97 Å². The van der Waals surface area contributed by atoms with Gasteiger partial charge in [0, 0.05) is 5.57 Å². The molecule has 0 amide bonds. The van der Waals surface area contributed by atoms with Gasteiger partial charge in [0.25, 0.3) is 0 Å². The van der Waals surface area contributed by atoms with Gasteiger partial charge in [-0.2, -0.15) is 0 Å². The van der Waals surface area contributed by atoms with E-state index in [0.717, 1.165) is 23.7 Å². The molecule has 19 heavy (non-hydrogen) atoms. The number of allylic oxidation sites excluding steroid dienone is 2. The smallest absolute Gasteiger partial charge is 0.333 e. The molecule has 0 spiro atoms. The predicted octanol–water partition coefficient (Wildman–Crippen LogP) is 2.72. The van der Waals surface area contributed by atoms with Crippen LogP contribution in [-0.4, -0.2) is 25.3 Å². The fourth-order valence-corrected chi connectivity index (χ4v) is 4.14. The molecule has 0 aliphatic heterocycles. The highest BCUT2D eigenvalue weighted by molar-refractivity contribution is 5.86. The Kier molecular flexibility index (Phi) is 3.48. The average molecular weight is 262 g/mol. The highest BCUT2D eigenvalue weighted by Gasteiger charge is 2.52. The standard InChI is InChI=1S/C16H22O3/c1-10(2)16(17)19-7-6-18-15-9-11-8-14(15)13-5-3-4-12(11)13/h3-4,11-15H,1,5-9H2,2H3/t11-,12-,13+,14-,15+/m1/s1. The predicted molar refractivity (Wildman–Crippen MR) is 72.5 cm³/mol. The zero-order valence-electron chi connectivity index (χ0n) is 11.5. The van der Waals surface area contributed by atoms with Gasteiger partial charge in [0.15, 0.2) is 0 Å². The maximum Gasteiger partial charge on any atom is 0.333 e. The molecule has 2 fully saturated rings. The molecule has 3 aliphatic rings. The minimum absolute atomic E-state index is 0.323. The van der Waals surface area contributed by atoms with Crippen LogP contribution in [0.4, 0.5) is 0 Å². The number of ether oxygens (including phenoxy) is 2. The SMILES string of the molecule is C=C(C)C(=O)OCCO[C@H]1C[C@H]2C[C@@H]1[C@H]1CC=C[C@H]21. The van der Waals surface area contributed by atoms with Crippen molar-refractivity contribution in [2.75, 3.05) is 13.2 Å². The van der Waals surface area contributed by atoms with E-state index in [-0.39, 0.29) is 5.97 Å². The molecule has 104 valence electrons. The summed E-state index contributed by atoms with van der Waals surface area (Å²) < 4.78 is 11.0. The maximum absolute atomic E-state index is 11.2. The van der Waals surface area contributed by atoms with Gasteiger partial charge in [0.1, 0.15) is 6.61 Å². The van der Waals surface area contributed by atoms with E-state index >= 15 is 0 Å². The molecule has 0 aromatic carbocycles. The molecule has 3 nitrogen and oxygen atoms in total. The lowest BCUT2D eigenvalue weighted by molar-refractivity contribution is -0.141. The molecule has 2 saturated carbocycles. The van der Waals surface area contributed by atoms with E-state index in [1.165, 1.54) is 19.3 Å². The van der Waals surface area contributed by atoms with Crippen molar-refractivity contribution in [1.82, 2.24) is 0 Å². The summed E-state index contributed by atoms with van der Waals surface area (Å²) >= 11 is 0. The summed E-state index contributed by atoms with van der Waals surface area (Å²) in [7, 11) is 0. The van der Waals surface area contributed by atoms with Gasteiger partial charge in [0.05, 0.1) is 12.7 Å². The number of hydrogen-bond donors (Lipinski definition) is 0. The van der Waals surface area contributed by atoms with Crippen LogP contribution in [-0.2, 0) is 14.3 Å². The topological polar surface area (TPSA) is 35.5 Å². The van der Waals surface area contributed by atoms with Crippen LogP contribution >= 0.6 is 0 Å². The van der Waals surface area contributed by atoms with E-state index in [1.54, 1.807) is 6.92 Å². The molecule has 0 aromatic rings. The van der Waals surface area contributed by atoms with Crippen LogP contribution in [0.25, 0.3) is 0 Å². The van der Waals surface area contributed by atoms with Crippen LogP contribution in [0, 0.1) is 23.7 Å². The van der Waals surface area contributed by atoms with E-state index in [2.05, 4.69) is 18.7 Å². The first-order valence-electron chi connectivity index (χ1n) is 7.27. The molecule has 3 heteroatoms. The largest absolute Gasteiger partial charge is 0.460 e. The van der Waals surface area contributed by atoms with Crippen molar-refractivity contribution in [2.45, 2.75) is 32.3 Å². The van der Waals surface area contributed by atoms with E-state index in [9.17, 15) is 4.79 Å². The van der Waals surface area contributed by atoms with Gasteiger partial charge in [-0.3, -0.25) is 0 Å². The lowest BCUT2D eigenvalue weighted by atomic mass is 9.80. The molecule has 0 aromatic heterocycles. The van der Waals surface area contributed by atoms with Gasteiger partial charge in [-0.25, -0.2) is 4.79 Å². The minimum atomic E-state index is -0.323. The summed E-state index contributed by atoms with van der Waals surface area (Å²) in [5.41, 5.74) is 0.444. The molecule has 3 rings (SSSR count). The quantitative estimate of drug-likeness (QED) is 0.331. The number of carbonyl (C=O) groups excluding carboxylic acids is 1. The Morgan fingerprint density at radius 2 is 2.16 bits per heavy atom. The molecule has 3 aliphatic carbocycles. The monoisotopic (exact) mass is 262 g/mol. The van der Waals surface area contributed by atoms with Crippen LogP contribution < -0.4 is 0 Å². The zero-order chi connectivity index (χ0) is 13.4. The van der Waals surface area contributed by atoms with Crippen LogP contribution in [0.3, 0.4) is 0 Å². The van der Waals surface area contributed by atoms with Crippen molar-refractivity contribution >= 4 is 5.97 Å². The van der Waals surface area contributed by atoms with Crippen molar-refractivity contribution in [2.24, 2.45) is 23.7 Å². The third-order valence-electron chi connectivity index (χ3n) is 4.94. The zero-order valence-corrected chi connectivity index (χ0v) is 11.5. The van der Waals surface area contributed by atoms with Crippen molar-refractivity contribution in [1.29, 1.82) is 0 Å². The molecule has 0 radical (unpaired) electrons. The molecule has 0 heterocycles.